The Bertz CT molecular complexity index is 436. The minimum Gasteiger partial charge on any atom is -0.379 e. The summed E-state index contributed by atoms with van der Waals surface area (Å²) in [5, 5.41) is 3.08. The monoisotopic (exact) mass is 321 g/mol. The van der Waals surface area contributed by atoms with Crippen LogP contribution in [0.3, 0.4) is 0 Å². The minimum atomic E-state index is -4.33. The summed E-state index contributed by atoms with van der Waals surface area (Å²) < 4.78 is 39.3. The summed E-state index contributed by atoms with van der Waals surface area (Å²) in [5.41, 5.74) is -0.645. The third kappa shape index (κ3) is 2.99. The van der Waals surface area contributed by atoms with Gasteiger partial charge in [0.15, 0.2) is 0 Å². The predicted octanol–water partition coefficient (Wildman–Crippen LogP) is 5.21. The first kappa shape index (κ1) is 13.7. The molecule has 0 heterocycles. The topological polar surface area (TPSA) is 12.0 Å². The van der Waals surface area contributed by atoms with Crippen LogP contribution >= 0.6 is 15.9 Å². The van der Waals surface area contributed by atoms with E-state index in [-0.39, 0.29) is 11.2 Å². The van der Waals surface area contributed by atoms with E-state index in [1.807, 2.05) is 6.92 Å². The molecule has 100 valence electrons. The van der Waals surface area contributed by atoms with Crippen LogP contribution in [-0.2, 0) is 6.18 Å². The van der Waals surface area contributed by atoms with Crippen molar-refractivity contribution in [3.05, 3.63) is 28.2 Å². The zero-order valence-corrected chi connectivity index (χ0v) is 11.7. The zero-order chi connectivity index (χ0) is 13.4. The highest BCUT2D eigenvalue weighted by atomic mass is 79.9. The highest BCUT2D eigenvalue weighted by Crippen LogP contribution is 2.40. The Kier molecular flexibility index (Phi) is 3.63. The lowest BCUT2D eigenvalue weighted by Gasteiger charge is -2.28. The van der Waals surface area contributed by atoms with Gasteiger partial charge in [-0.25, -0.2) is 0 Å². The summed E-state index contributed by atoms with van der Waals surface area (Å²) in [4.78, 5) is 0. The van der Waals surface area contributed by atoms with Crippen LogP contribution in [0.4, 0.5) is 18.9 Å². The number of rotatable bonds is 2. The van der Waals surface area contributed by atoms with Gasteiger partial charge in [-0.2, -0.15) is 13.2 Å². The molecule has 1 fully saturated rings. The Labute approximate surface area is 113 Å². The van der Waals surface area contributed by atoms with Crippen molar-refractivity contribution in [1.29, 1.82) is 0 Å². The van der Waals surface area contributed by atoms with E-state index in [0.717, 1.165) is 31.7 Å². The second-order valence-electron chi connectivity index (χ2n) is 5.08. The third-order valence-corrected chi connectivity index (χ3v) is 3.92. The number of hydrogen-bond donors (Lipinski definition) is 1. The number of anilines is 1. The molecule has 5 heteroatoms. The lowest BCUT2D eigenvalue weighted by atomic mass is 9.99. The van der Waals surface area contributed by atoms with E-state index in [1.54, 1.807) is 6.07 Å². The standard InChI is InChI=1S/C13H15BrF3N/c1-12(6-2-3-7-12)18-11-5-4-9(14)8-10(11)13(15,16)17/h4-5,8,18H,2-3,6-7H2,1H3. The molecule has 0 radical (unpaired) electrons. The highest BCUT2D eigenvalue weighted by molar-refractivity contribution is 9.10. The molecule has 1 aromatic rings. The summed E-state index contributed by atoms with van der Waals surface area (Å²) in [7, 11) is 0. The van der Waals surface area contributed by atoms with E-state index in [1.165, 1.54) is 6.07 Å². The van der Waals surface area contributed by atoms with Crippen LogP contribution in [0.5, 0.6) is 0 Å². The zero-order valence-electron chi connectivity index (χ0n) is 10.1. The maximum absolute atomic E-state index is 13.0. The Morgan fingerprint density at radius 3 is 2.39 bits per heavy atom. The van der Waals surface area contributed by atoms with Crippen LogP contribution in [0.2, 0.25) is 0 Å². The largest absolute Gasteiger partial charge is 0.418 e. The summed E-state index contributed by atoms with van der Waals surface area (Å²) in [6, 6.07) is 4.26. The third-order valence-electron chi connectivity index (χ3n) is 3.43. The fourth-order valence-electron chi connectivity index (χ4n) is 2.47. The normalized spacial score (nSPS) is 18.9. The molecule has 1 aliphatic carbocycles. The molecule has 1 aliphatic rings. The lowest BCUT2D eigenvalue weighted by Crippen LogP contribution is -2.32. The number of alkyl halides is 3. The SMILES string of the molecule is CC1(Nc2ccc(Br)cc2C(F)(F)F)CCCC1. The van der Waals surface area contributed by atoms with Gasteiger partial charge in [-0.15, -0.1) is 0 Å². The quantitative estimate of drug-likeness (QED) is 0.788. The Balaban J connectivity index is 2.32. The first-order chi connectivity index (χ1) is 8.30. The maximum atomic E-state index is 13.0. The van der Waals surface area contributed by atoms with Crippen molar-refractivity contribution in [3.63, 3.8) is 0 Å². The van der Waals surface area contributed by atoms with Gasteiger partial charge in [0.25, 0.3) is 0 Å². The van der Waals surface area contributed by atoms with Crippen molar-refractivity contribution in [1.82, 2.24) is 0 Å². The Morgan fingerprint density at radius 1 is 1.22 bits per heavy atom. The van der Waals surface area contributed by atoms with Crippen molar-refractivity contribution in [2.75, 3.05) is 5.32 Å². The van der Waals surface area contributed by atoms with Crippen LogP contribution in [0.1, 0.15) is 38.2 Å². The van der Waals surface area contributed by atoms with E-state index in [0.29, 0.717) is 4.47 Å². The molecular weight excluding hydrogens is 307 g/mol. The van der Waals surface area contributed by atoms with Crippen molar-refractivity contribution in [2.24, 2.45) is 0 Å². The van der Waals surface area contributed by atoms with Crippen LogP contribution in [0.25, 0.3) is 0 Å². The minimum absolute atomic E-state index is 0.176. The fourth-order valence-corrected chi connectivity index (χ4v) is 2.83. The first-order valence-electron chi connectivity index (χ1n) is 5.95. The smallest absolute Gasteiger partial charge is 0.379 e. The van der Waals surface area contributed by atoms with Crippen molar-refractivity contribution >= 4 is 21.6 Å². The molecular formula is C13H15BrF3N. The average molecular weight is 322 g/mol. The van der Waals surface area contributed by atoms with Gasteiger partial charge in [0.1, 0.15) is 0 Å². The van der Waals surface area contributed by atoms with Gasteiger partial charge in [-0.3, -0.25) is 0 Å². The van der Waals surface area contributed by atoms with Gasteiger partial charge >= 0.3 is 6.18 Å². The summed E-state index contributed by atoms with van der Waals surface area (Å²) >= 11 is 3.09. The summed E-state index contributed by atoms with van der Waals surface area (Å²) in [6.07, 6.45) is -0.357. The molecule has 18 heavy (non-hydrogen) atoms. The molecule has 0 unspecified atom stereocenters. The molecule has 0 spiro atoms. The number of nitrogens with one attached hydrogen (secondary N) is 1. The lowest BCUT2D eigenvalue weighted by molar-refractivity contribution is -0.137. The molecule has 0 bridgehead atoms. The molecule has 0 saturated heterocycles. The van der Waals surface area contributed by atoms with Crippen LogP contribution in [-0.4, -0.2) is 5.54 Å². The van der Waals surface area contributed by atoms with Gasteiger partial charge in [0.05, 0.1) is 5.56 Å². The van der Waals surface area contributed by atoms with Crippen LogP contribution in [0.15, 0.2) is 22.7 Å². The highest BCUT2D eigenvalue weighted by Gasteiger charge is 2.36. The van der Waals surface area contributed by atoms with Gasteiger partial charge in [0.2, 0.25) is 0 Å². The molecule has 1 saturated carbocycles. The van der Waals surface area contributed by atoms with E-state index >= 15 is 0 Å². The van der Waals surface area contributed by atoms with Crippen molar-refractivity contribution < 1.29 is 13.2 Å². The van der Waals surface area contributed by atoms with Gasteiger partial charge in [-0.05, 0) is 38.0 Å². The molecule has 1 nitrogen and oxygen atoms in total. The average Bonchev–Trinajstić information content (AvgIpc) is 2.66. The number of halogens is 4. The van der Waals surface area contributed by atoms with E-state index < -0.39 is 11.7 Å². The second kappa shape index (κ2) is 4.76. The molecule has 0 atom stereocenters. The molecule has 0 aliphatic heterocycles. The van der Waals surface area contributed by atoms with Crippen molar-refractivity contribution in [2.45, 2.75) is 44.3 Å². The van der Waals surface area contributed by atoms with E-state index in [4.69, 9.17) is 0 Å². The summed E-state index contributed by atoms with van der Waals surface area (Å²) in [5.74, 6) is 0. The first-order valence-corrected chi connectivity index (χ1v) is 6.74. The van der Waals surface area contributed by atoms with Crippen molar-refractivity contribution in [3.8, 4) is 0 Å². The molecule has 0 amide bonds. The Hall–Kier alpha value is -0.710. The van der Waals surface area contributed by atoms with Gasteiger partial charge in [-0.1, -0.05) is 28.8 Å². The van der Waals surface area contributed by atoms with Gasteiger partial charge < -0.3 is 5.32 Å². The van der Waals surface area contributed by atoms with Crippen LogP contribution in [0, 0.1) is 0 Å². The Morgan fingerprint density at radius 2 is 1.83 bits per heavy atom. The molecule has 2 rings (SSSR count). The molecule has 1 N–H and O–H groups in total. The molecule has 1 aromatic carbocycles. The second-order valence-corrected chi connectivity index (χ2v) is 6.00. The fraction of sp³-hybridized carbons (Fsp3) is 0.538. The predicted molar refractivity (Wildman–Crippen MR) is 69.6 cm³/mol. The van der Waals surface area contributed by atoms with E-state index in [9.17, 15) is 13.2 Å². The summed E-state index contributed by atoms with van der Waals surface area (Å²) in [6.45, 7) is 1.99. The maximum Gasteiger partial charge on any atom is 0.418 e. The van der Waals surface area contributed by atoms with Gasteiger partial charge in [0, 0.05) is 15.7 Å². The molecule has 0 aromatic heterocycles. The number of benzene rings is 1. The van der Waals surface area contributed by atoms with E-state index in [2.05, 4.69) is 21.2 Å². The van der Waals surface area contributed by atoms with Crippen LogP contribution < -0.4 is 5.32 Å². The number of hydrogen-bond acceptors (Lipinski definition) is 1.